The average molecular weight is 361 g/mol. The second-order valence-corrected chi connectivity index (χ2v) is 6.25. The van der Waals surface area contributed by atoms with Gasteiger partial charge in [0.05, 0.1) is 5.56 Å². The van der Waals surface area contributed by atoms with Crippen LogP contribution in [-0.4, -0.2) is 17.1 Å². The summed E-state index contributed by atoms with van der Waals surface area (Å²) in [4.78, 5) is 24.1. The van der Waals surface area contributed by atoms with E-state index in [1.54, 1.807) is 19.1 Å². The molecule has 1 unspecified atom stereocenters. The fourth-order valence-electron chi connectivity index (χ4n) is 2.38. The molecule has 0 amide bonds. The molecule has 2 aromatic rings. The van der Waals surface area contributed by atoms with E-state index in [0.717, 1.165) is 0 Å². The smallest absolute Gasteiger partial charge is 0.329 e. The van der Waals surface area contributed by atoms with Crippen LogP contribution in [0.4, 0.5) is 4.39 Å². The van der Waals surface area contributed by atoms with E-state index in [4.69, 9.17) is 21.1 Å². The summed E-state index contributed by atoms with van der Waals surface area (Å²) >= 11 is 5.70. The number of carbonyl (C=O) groups excluding carboxylic acids is 2. The molecule has 1 aliphatic rings. The predicted octanol–water partition coefficient (Wildman–Crippen LogP) is 4.28. The van der Waals surface area contributed by atoms with Crippen molar-refractivity contribution in [1.29, 1.82) is 0 Å². The molecule has 0 radical (unpaired) electrons. The Labute approximate surface area is 148 Å². The number of allylic oxidation sites excluding steroid dienone is 1. The Morgan fingerprint density at radius 1 is 1.24 bits per heavy atom. The molecule has 0 spiro atoms. The number of carbonyl (C=O) groups is 2. The zero-order valence-electron chi connectivity index (χ0n) is 13.5. The first-order chi connectivity index (χ1) is 11.9. The van der Waals surface area contributed by atoms with E-state index in [-0.39, 0.29) is 23.1 Å². The molecule has 4 nitrogen and oxygen atoms in total. The van der Waals surface area contributed by atoms with Crippen molar-refractivity contribution in [2.45, 2.75) is 19.2 Å². The Hall–Kier alpha value is -2.66. The molecule has 25 heavy (non-hydrogen) atoms. The summed E-state index contributed by atoms with van der Waals surface area (Å²) in [6.07, 6.45) is 1.54. The fraction of sp³-hybridized carbons (Fsp3) is 0.158. The van der Waals surface area contributed by atoms with Crippen molar-refractivity contribution >= 4 is 29.4 Å². The van der Waals surface area contributed by atoms with Crippen LogP contribution in [0.2, 0.25) is 0 Å². The summed E-state index contributed by atoms with van der Waals surface area (Å²) in [6.45, 7) is 3.20. The largest absolute Gasteiger partial charge is 0.452 e. The van der Waals surface area contributed by atoms with Crippen LogP contribution in [0.3, 0.4) is 0 Å². The third-order valence-corrected chi connectivity index (χ3v) is 3.92. The van der Waals surface area contributed by atoms with Gasteiger partial charge in [0, 0.05) is 5.56 Å². The van der Waals surface area contributed by atoms with Crippen LogP contribution < -0.4 is 9.47 Å². The Morgan fingerprint density at radius 3 is 2.56 bits per heavy atom. The van der Waals surface area contributed by atoms with Crippen LogP contribution in [0.5, 0.6) is 11.5 Å². The van der Waals surface area contributed by atoms with Crippen LogP contribution in [-0.2, 0) is 4.79 Å². The molecule has 6 heteroatoms. The maximum atomic E-state index is 13.0. The number of esters is 1. The zero-order valence-corrected chi connectivity index (χ0v) is 14.3. The van der Waals surface area contributed by atoms with Crippen LogP contribution in [0.25, 0.3) is 6.08 Å². The normalized spacial score (nSPS) is 15.7. The van der Waals surface area contributed by atoms with Gasteiger partial charge in [-0.05, 0) is 49.8 Å². The number of fused-ring (bicyclic) bond motifs is 1. The maximum Gasteiger partial charge on any atom is 0.329 e. The molecule has 0 fully saturated rings. The van der Waals surface area contributed by atoms with Gasteiger partial charge in [-0.25, -0.2) is 4.39 Å². The third kappa shape index (κ3) is 3.42. The maximum absolute atomic E-state index is 13.0. The molecule has 0 aromatic heterocycles. The summed E-state index contributed by atoms with van der Waals surface area (Å²) in [5, 5.41) is -0.788. The highest BCUT2D eigenvalue weighted by Gasteiger charge is 2.30. The van der Waals surface area contributed by atoms with Crippen molar-refractivity contribution in [1.82, 2.24) is 0 Å². The van der Waals surface area contributed by atoms with Crippen molar-refractivity contribution in [2.24, 2.45) is 0 Å². The van der Waals surface area contributed by atoms with Gasteiger partial charge < -0.3 is 9.47 Å². The van der Waals surface area contributed by atoms with E-state index in [1.807, 2.05) is 0 Å². The Balaban J connectivity index is 1.92. The molecule has 0 saturated heterocycles. The Morgan fingerprint density at radius 2 is 1.92 bits per heavy atom. The second kappa shape index (κ2) is 6.69. The van der Waals surface area contributed by atoms with Gasteiger partial charge in [0.1, 0.15) is 22.7 Å². The van der Waals surface area contributed by atoms with E-state index in [9.17, 15) is 14.0 Å². The summed E-state index contributed by atoms with van der Waals surface area (Å²) < 4.78 is 23.9. The van der Waals surface area contributed by atoms with Crippen LogP contribution in [0.15, 0.2) is 42.2 Å². The highest BCUT2D eigenvalue weighted by atomic mass is 35.5. The first-order valence-electron chi connectivity index (χ1n) is 7.56. The topological polar surface area (TPSA) is 52.6 Å². The third-order valence-electron chi connectivity index (χ3n) is 3.74. The summed E-state index contributed by atoms with van der Waals surface area (Å²) in [6, 6.07) is 8.77. The minimum Gasteiger partial charge on any atom is -0.452 e. The summed E-state index contributed by atoms with van der Waals surface area (Å²) in [7, 11) is 0. The molecule has 2 aromatic carbocycles. The summed E-state index contributed by atoms with van der Waals surface area (Å²) in [5.41, 5.74) is 1.54. The number of hydrogen-bond acceptors (Lipinski definition) is 4. The number of halogens is 2. The van der Waals surface area contributed by atoms with Crippen LogP contribution in [0.1, 0.15) is 28.4 Å². The lowest BCUT2D eigenvalue weighted by Gasteiger charge is -2.10. The van der Waals surface area contributed by atoms with Gasteiger partial charge in [-0.15, -0.1) is 11.6 Å². The molecular weight excluding hydrogens is 347 g/mol. The minimum absolute atomic E-state index is 0.124. The van der Waals surface area contributed by atoms with Crippen molar-refractivity contribution in [3.05, 3.63) is 64.7 Å². The van der Waals surface area contributed by atoms with Gasteiger partial charge in [0.15, 0.2) is 5.76 Å². The van der Waals surface area contributed by atoms with Gasteiger partial charge in [-0.1, -0.05) is 12.1 Å². The zero-order chi connectivity index (χ0) is 18.1. The molecule has 0 N–H and O–H groups in total. The van der Waals surface area contributed by atoms with E-state index in [0.29, 0.717) is 22.4 Å². The number of ether oxygens (including phenoxy) is 2. The molecule has 0 aliphatic carbocycles. The molecule has 1 heterocycles. The molecule has 128 valence electrons. The Bertz CT molecular complexity index is 885. The standard InChI is InChI=1S/C19H14ClFO4/c1-10-15(25-19(23)11(2)20)8-7-14-17(22)16(24-18(10)14)9-12-3-5-13(21)6-4-12/h3-9,11H,1-2H3/b16-9-. The minimum atomic E-state index is -0.788. The monoisotopic (exact) mass is 360 g/mol. The molecule has 1 aliphatic heterocycles. The van der Waals surface area contributed by atoms with Gasteiger partial charge in [0.25, 0.3) is 0 Å². The van der Waals surface area contributed by atoms with E-state index >= 15 is 0 Å². The number of hydrogen-bond donors (Lipinski definition) is 0. The molecule has 0 bridgehead atoms. The molecular formula is C19H14ClFO4. The van der Waals surface area contributed by atoms with E-state index in [1.165, 1.54) is 37.3 Å². The lowest BCUT2D eigenvalue weighted by Crippen LogP contribution is -2.18. The number of rotatable bonds is 3. The van der Waals surface area contributed by atoms with Gasteiger partial charge >= 0.3 is 5.97 Å². The second-order valence-electron chi connectivity index (χ2n) is 5.59. The van der Waals surface area contributed by atoms with Gasteiger partial charge in [-0.3, -0.25) is 9.59 Å². The highest BCUT2D eigenvalue weighted by molar-refractivity contribution is 6.29. The van der Waals surface area contributed by atoms with Gasteiger partial charge in [0.2, 0.25) is 5.78 Å². The lowest BCUT2D eigenvalue weighted by atomic mass is 10.1. The van der Waals surface area contributed by atoms with Crippen molar-refractivity contribution in [2.75, 3.05) is 0 Å². The van der Waals surface area contributed by atoms with E-state index in [2.05, 4.69) is 0 Å². The molecule has 1 atom stereocenters. The SMILES string of the molecule is Cc1c(OC(=O)C(C)Cl)ccc2c1O/C(=C\c1ccc(F)cc1)C2=O. The number of ketones is 1. The van der Waals surface area contributed by atoms with Crippen LogP contribution in [0, 0.1) is 12.7 Å². The lowest BCUT2D eigenvalue weighted by molar-refractivity contribution is -0.133. The molecule has 3 rings (SSSR count). The number of benzene rings is 2. The van der Waals surface area contributed by atoms with Crippen LogP contribution >= 0.6 is 11.6 Å². The Kier molecular flexibility index (Phi) is 4.59. The first kappa shape index (κ1) is 17.2. The van der Waals surface area contributed by atoms with Crippen molar-refractivity contribution < 1.29 is 23.5 Å². The van der Waals surface area contributed by atoms with Crippen molar-refractivity contribution in [3.8, 4) is 11.5 Å². The average Bonchev–Trinajstić information content (AvgIpc) is 2.89. The van der Waals surface area contributed by atoms with Gasteiger partial charge in [-0.2, -0.15) is 0 Å². The first-order valence-corrected chi connectivity index (χ1v) is 7.99. The number of alkyl halides is 1. The fourth-order valence-corrected chi connectivity index (χ4v) is 2.42. The van der Waals surface area contributed by atoms with E-state index < -0.39 is 11.3 Å². The summed E-state index contributed by atoms with van der Waals surface area (Å²) in [5.74, 6) is -0.487. The molecule has 0 saturated carbocycles. The quantitative estimate of drug-likeness (QED) is 0.355. The number of Topliss-reactive ketones (excluding diaryl/α,β-unsaturated/α-hetero) is 1. The predicted molar refractivity (Wildman–Crippen MR) is 91.5 cm³/mol. The highest BCUT2D eigenvalue weighted by Crippen LogP contribution is 2.39. The van der Waals surface area contributed by atoms with Crippen molar-refractivity contribution in [3.63, 3.8) is 0 Å².